The Morgan fingerprint density at radius 2 is 2.00 bits per heavy atom. The highest BCUT2D eigenvalue weighted by Gasteiger charge is 2.35. The van der Waals surface area contributed by atoms with Crippen LogP contribution in [0.25, 0.3) is 0 Å². The van der Waals surface area contributed by atoms with E-state index >= 15 is 0 Å². The number of nitrogens with one attached hydrogen (secondary N) is 1. The van der Waals surface area contributed by atoms with Crippen molar-refractivity contribution in [2.45, 2.75) is 46.1 Å². The van der Waals surface area contributed by atoms with Crippen molar-refractivity contribution >= 4 is 5.91 Å². The third-order valence-corrected chi connectivity index (χ3v) is 4.93. The fourth-order valence-corrected chi connectivity index (χ4v) is 3.20. The molecule has 0 saturated carbocycles. The molecule has 0 aliphatic carbocycles. The van der Waals surface area contributed by atoms with E-state index in [4.69, 9.17) is 0 Å². The number of rotatable bonds is 5. The minimum absolute atomic E-state index is 0.0562. The Kier molecular flexibility index (Phi) is 5.22. The second-order valence-corrected chi connectivity index (χ2v) is 6.16. The van der Waals surface area contributed by atoms with E-state index in [1.807, 2.05) is 4.90 Å². The van der Waals surface area contributed by atoms with E-state index in [0.29, 0.717) is 17.7 Å². The summed E-state index contributed by atoms with van der Waals surface area (Å²) in [4.78, 5) is 16.9. The van der Waals surface area contributed by atoms with Crippen LogP contribution in [0.2, 0.25) is 0 Å². The number of hydrogen-bond acceptors (Lipinski definition) is 3. The van der Waals surface area contributed by atoms with Gasteiger partial charge in [-0.05, 0) is 44.3 Å². The molecule has 2 heterocycles. The summed E-state index contributed by atoms with van der Waals surface area (Å²) in [7, 11) is 0. The molecule has 1 N–H and O–H groups in total. The van der Waals surface area contributed by atoms with Crippen LogP contribution in [0.5, 0.6) is 0 Å². The summed E-state index contributed by atoms with van der Waals surface area (Å²) in [6, 6.07) is 0.0562. The van der Waals surface area contributed by atoms with Crippen molar-refractivity contribution in [1.82, 2.24) is 15.1 Å². The molecule has 0 aromatic carbocycles. The van der Waals surface area contributed by atoms with Crippen LogP contribution in [0.15, 0.2) is 0 Å². The van der Waals surface area contributed by atoms with E-state index in [1.54, 1.807) is 0 Å². The van der Waals surface area contributed by atoms with Gasteiger partial charge >= 0.3 is 0 Å². The Morgan fingerprint density at radius 1 is 1.32 bits per heavy atom. The summed E-state index contributed by atoms with van der Waals surface area (Å²) < 4.78 is 0. The Bertz CT molecular complexity index is 300. The topological polar surface area (TPSA) is 35.6 Å². The number of piperidine rings is 1. The van der Waals surface area contributed by atoms with Crippen LogP contribution in [0.3, 0.4) is 0 Å². The molecule has 0 aromatic heterocycles. The van der Waals surface area contributed by atoms with Gasteiger partial charge in [0.25, 0.3) is 0 Å². The molecule has 4 nitrogen and oxygen atoms in total. The lowest BCUT2D eigenvalue weighted by molar-refractivity contribution is -0.130. The first-order valence-corrected chi connectivity index (χ1v) is 7.90. The van der Waals surface area contributed by atoms with Crippen LogP contribution in [0, 0.1) is 11.8 Å². The van der Waals surface area contributed by atoms with Gasteiger partial charge < -0.3 is 9.80 Å². The zero-order valence-electron chi connectivity index (χ0n) is 12.7. The molecule has 1 amide bonds. The van der Waals surface area contributed by atoms with Gasteiger partial charge in [0.1, 0.15) is 0 Å². The molecule has 4 heteroatoms. The minimum Gasteiger partial charge on any atom is -0.328 e. The van der Waals surface area contributed by atoms with E-state index in [2.05, 4.69) is 31.0 Å². The van der Waals surface area contributed by atoms with Gasteiger partial charge in [-0.25, -0.2) is 0 Å². The minimum atomic E-state index is 0.0562. The molecule has 19 heavy (non-hydrogen) atoms. The van der Waals surface area contributed by atoms with Gasteiger partial charge in [0.15, 0.2) is 0 Å². The van der Waals surface area contributed by atoms with Gasteiger partial charge in [0.2, 0.25) is 5.91 Å². The van der Waals surface area contributed by atoms with E-state index in [1.165, 1.54) is 25.9 Å². The lowest BCUT2D eigenvalue weighted by atomic mass is 9.95. The lowest BCUT2D eigenvalue weighted by Gasteiger charge is -2.33. The number of carbonyl (C=O) groups excluding carboxylic acids is 1. The van der Waals surface area contributed by atoms with E-state index in [0.717, 1.165) is 26.2 Å². The molecule has 2 fully saturated rings. The zero-order chi connectivity index (χ0) is 13.8. The third kappa shape index (κ3) is 3.48. The first-order chi connectivity index (χ1) is 9.15. The van der Waals surface area contributed by atoms with Crippen LogP contribution < -0.4 is 5.32 Å². The Labute approximate surface area is 117 Å². The first-order valence-electron chi connectivity index (χ1n) is 7.90. The van der Waals surface area contributed by atoms with Crippen LogP contribution in [0.4, 0.5) is 0 Å². The van der Waals surface area contributed by atoms with Crippen molar-refractivity contribution in [1.29, 1.82) is 0 Å². The number of nitrogens with zero attached hydrogens (tertiary/aromatic N) is 2. The molecule has 2 aliphatic heterocycles. The van der Waals surface area contributed by atoms with Gasteiger partial charge in [-0.15, -0.1) is 0 Å². The van der Waals surface area contributed by atoms with Crippen LogP contribution in [0.1, 0.15) is 40.0 Å². The van der Waals surface area contributed by atoms with Crippen LogP contribution in [-0.2, 0) is 4.79 Å². The standard InChI is InChI=1S/C15H29N3O/c1-4-12(3)14-15(19)18(11-16-14)10-13-6-8-17(5-2)9-7-13/h12-14,16H,4-11H2,1-3H3. The number of carbonyl (C=O) groups is 1. The monoisotopic (exact) mass is 267 g/mol. The van der Waals surface area contributed by atoms with Gasteiger partial charge in [-0.2, -0.15) is 0 Å². The number of hydrogen-bond donors (Lipinski definition) is 1. The summed E-state index contributed by atoms with van der Waals surface area (Å²) in [5.41, 5.74) is 0. The van der Waals surface area contributed by atoms with Crippen molar-refractivity contribution < 1.29 is 4.79 Å². The van der Waals surface area contributed by atoms with Crippen molar-refractivity contribution in [3.05, 3.63) is 0 Å². The molecule has 0 aromatic rings. The van der Waals surface area contributed by atoms with Crippen LogP contribution >= 0.6 is 0 Å². The smallest absolute Gasteiger partial charge is 0.241 e. The number of likely N-dealkylation sites (tertiary alicyclic amines) is 1. The van der Waals surface area contributed by atoms with E-state index in [-0.39, 0.29) is 6.04 Å². The van der Waals surface area contributed by atoms with Crippen molar-refractivity contribution in [2.75, 3.05) is 32.8 Å². The summed E-state index contributed by atoms with van der Waals surface area (Å²) in [6.07, 6.45) is 3.55. The normalized spacial score (nSPS) is 28.1. The quantitative estimate of drug-likeness (QED) is 0.820. The Balaban J connectivity index is 1.80. The summed E-state index contributed by atoms with van der Waals surface area (Å²) in [6.45, 7) is 11.8. The molecule has 2 aliphatic rings. The highest BCUT2D eigenvalue weighted by molar-refractivity contribution is 5.84. The van der Waals surface area contributed by atoms with Crippen LogP contribution in [-0.4, -0.2) is 54.6 Å². The van der Waals surface area contributed by atoms with Crippen molar-refractivity contribution in [2.24, 2.45) is 11.8 Å². The Morgan fingerprint density at radius 3 is 2.58 bits per heavy atom. The molecule has 2 unspecified atom stereocenters. The average molecular weight is 267 g/mol. The fraction of sp³-hybridized carbons (Fsp3) is 0.933. The predicted octanol–water partition coefficient (Wildman–Crippen LogP) is 1.52. The van der Waals surface area contributed by atoms with Gasteiger partial charge in [-0.3, -0.25) is 10.1 Å². The lowest BCUT2D eigenvalue weighted by Crippen LogP contribution is -2.40. The molecular weight excluding hydrogens is 238 g/mol. The maximum Gasteiger partial charge on any atom is 0.241 e. The average Bonchev–Trinajstić information content (AvgIpc) is 2.80. The summed E-state index contributed by atoms with van der Waals surface area (Å²) in [5.74, 6) is 1.47. The third-order valence-electron chi connectivity index (χ3n) is 4.93. The van der Waals surface area contributed by atoms with E-state index in [9.17, 15) is 4.79 Å². The van der Waals surface area contributed by atoms with E-state index < -0.39 is 0 Å². The summed E-state index contributed by atoms with van der Waals surface area (Å²) >= 11 is 0. The van der Waals surface area contributed by atoms with Gasteiger partial charge in [-0.1, -0.05) is 27.2 Å². The summed E-state index contributed by atoms with van der Waals surface area (Å²) in [5, 5.41) is 3.38. The number of amides is 1. The molecule has 0 spiro atoms. The molecule has 2 atom stereocenters. The van der Waals surface area contributed by atoms with Gasteiger partial charge in [0.05, 0.1) is 12.7 Å². The molecule has 0 bridgehead atoms. The molecular formula is C15H29N3O. The van der Waals surface area contributed by atoms with Crippen molar-refractivity contribution in [3.63, 3.8) is 0 Å². The maximum absolute atomic E-state index is 12.4. The maximum atomic E-state index is 12.4. The SMILES string of the molecule is CCC(C)C1NCN(CC2CCN(CC)CC2)C1=O. The fourth-order valence-electron chi connectivity index (χ4n) is 3.20. The first kappa shape index (κ1) is 14.8. The highest BCUT2D eigenvalue weighted by Crippen LogP contribution is 2.21. The predicted molar refractivity (Wildman–Crippen MR) is 77.8 cm³/mol. The largest absolute Gasteiger partial charge is 0.328 e. The Hall–Kier alpha value is -0.610. The molecule has 0 radical (unpaired) electrons. The second kappa shape index (κ2) is 6.71. The zero-order valence-corrected chi connectivity index (χ0v) is 12.7. The highest BCUT2D eigenvalue weighted by atomic mass is 16.2. The molecule has 2 saturated heterocycles. The second-order valence-electron chi connectivity index (χ2n) is 6.16. The van der Waals surface area contributed by atoms with Crippen molar-refractivity contribution in [3.8, 4) is 0 Å². The molecule has 2 rings (SSSR count). The van der Waals surface area contributed by atoms with Gasteiger partial charge in [0, 0.05) is 6.54 Å². The molecule has 110 valence electrons.